The molecule has 0 spiro atoms. The van der Waals surface area contributed by atoms with Crippen molar-refractivity contribution in [3.05, 3.63) is 28.7 Å². The number of carbonyl (C=O) groups excluding carboxylic acids is 3. The number of aromatic nitrogens is 2. The molecule has 10 heteroatoms. The van der Waals surface area contributed by atoms with Gasteiger partial charge in [-0.1, -0.05) is 0 Å². The van der Waals surface area contributed by atoms with Crippen molar-refractivity contribution in [2.45, 2.75) is 57.7 Å². The monoisotopic (exact) mass is 457 g/mol. The number of rotatable bonds is 3. The first-order valence-electron chi connectivity index (χ1n) is 11.2. The molecule has 3 amide bonds. The predicted molar refractivity (Wildman–Crippen MR) is 123 cm³/mol. The molecule has 10 nitrogen and oxygen atoms in total. The molecular formula is C23H31N5O5. The summed E-state index contributed by atoms with van der Waals surface area (Å²) in [5.41, 5.74) is 1.47. The van der Waals surface area contributed by atoms with Gasteiger partial charge < -0.3 is 14.5 Å². The Hall–Kier alpha value is -3.30. The van der Waals surface area contributed by atoms with Crippen molar-refractivity contribution in [3.8, 4) is 0 Å². The molecule has 33 heavy (non-hydrogen) atoms. The van der Waals surface area contributed by atoms with Gasteiger partial charge in [0.15, 0.2) is 0 Å². The van der Waals surface area contributed by atoms with E-state index in [1.54, 1.807) is 19.0 Å². The maximum absolute atomic E-state index is 13.0. The van der Waals surface area contributed by atoms with Crippen LogP contribution in [0.25, 0.3) is 11.0 Å². The van der Waals surface area contributed by atoms with Crippen LogP contribution in [0, 0.1) is 0 Å². The maximum Gasteiger partial charge on any atom is 0.410 e. The van der Waals surface area contributed by atoms with E-state index in [1.807, 2.05) is 39.0 Å². The molecule has 1 aromatic carbocycles. The third-order valence-electron chi connectivity index (χ3n) is 6.35. The summed E-state index contributed by atoms with van der Waals surface area (Å²) in [5, 5.41) is 2.33. The summed E-state index contributed by atoms with van der Waals surface area (Å²) in [4.78, 5) is 53.1. The highest BCUT2D eigenvalue weighted by molar-refractivity contribution is 6.00. The molecule has 2 saturated heterocycles. The molecule has 1 aromatic heterocycles. The quantitative estimate of drug-likeness (QED) is 0.704. The van der Waals surface area contributed by atoms with Crippen molar-refractivity contribution in [3.63, 3.8) is 0 Å². The van der Waals surface area contributed by atoms with Gasteiger partial charge in [-0.2, -0.15) is 0 Å². The predicted octanol–water partition coefficient (Wildman–Crippen LogP) is 1.76. The molecular weight excluding hydrogens is 426 g/mol. The minimum atomic E-state index is -0.705. The zero-order valence-corrected chi connectivity index (χ0v) is 19.8. The highest BCUT2D eigenvalue weighted by atomic mass is 16.6. The molecule has 3 heterocycles. The van der Waals surface area contributed by atoms with Crippen molar-refractivity contribution in [2.75, 3.05) is 25.0 Å². The van der Waals surface area contributed by atoms with Crippen LogP contribution in [0.4, 0.5) is 10.5 Å². The van der Waals surface area contributed by atoms with Gasteiger partial charge in [-0.25, -0.2) is 9.59 Å². The first-order chi connectivity index (χ1) is 15.5. The Labute approximate surface area is 192 Å². The van der Waals surface area contributed by atoms with Crippen LogP contribution in [-0.2, 0) is 21.4 Å². The summed E-state index contributed by atoms with van der Waals surface area (Å²) >= 11 is 0. The second-order valence-electron chi connectivity index (χ2n) is 9.83. The average molecular weight is 458 g/mol. The Morgan fingerprint density at radius 3 is 2.55 bits per heavy atom. The first kappa shape index (κ1) is 22.9. The largest absolute Gasteiger partial charge is 0.444 e. The third kappa shape index (κ3) is 4.34. The minimum Gasteiger partial charge on any atom is -0.444 e. The van der Waals surface area contributed by atoms with Crippen molar-refractivity contribution < 1.29 is 19.1 Å². The number of piperidine rings is 1. The van der Waals surface area contributed by atoms with Gasteiger partial charge in [0.1, 0.15) is 11.6 Å². The van der Waals surface area contributed by atoms with Gasteiger partial charge in [-0.3, -0.25) is 24.0 Å². The molecule has 0 bridgehead atoms. The lowest BCUT2D eigenvalue weighted by Gasteiger charge is -2.29. The minimum absolute atomic E-state index is 0.0208. The van der Waals surface area contributed by atoms with Crippen LogP contribution in [0.2, 0.25) is 0 Å². The Morgan fingerprint density at radius 2 is 1.88 bits per heavy atom. The number of benzene rings is 1. The van der Waals surface area contributed by atoms with E-state index in [4.69, 9.17) is 4.74 Å². The summed E-state index contributed by atoms with van der Waals surface area (Å²) in [6.07, 6.45) is 0.978. The number of likely N-dealkylation sites (N-methyl/N-ethyl adjacent to an activating group) is 1. The van der Waals surface area contributed by atoms with E-state index in [0.717, 1.165) is 18.7 Å². The molecule has 2 aromatic rings. The van der Waals surface area contributed by atoms with Crippen LogP contribution in [0.5, 0.6) is 0 Å². The normalized spacial score (nSPS) is 21.4. The fraction of sp³-hybridized carbons (Fsp3) is 0.565. The lowest BCUT2D eigenvalue weighted by molar-refractivity contribution is -0.135. The van der Waals surface area contributed by atoms with Crippen LogP contribution in [0.3, 0.4) is 0 Å². The van der Waals surface area contributed by atoms with Gasteiger partial charge in [-0.05, 0) is 51.8 Å². The van der Waals surface area contributed by atoms with Gasteiger partial charge in [0.05, 0.1) is 17.1 Å². The Morgan fingerprint density at radius 1 is 1.15 bits per heavy atom. The smallest absolute Gasteiger partial charge is 0.410 e. The topological polar surface area (TPSA) is 106 Å². The fourth-order valence-electron chi connectivity index (χ4n) is 4.55. The molecule has 0 saturated carbocycles. The highest BCUT2D eigenvalue weighted by Gasteiger charge is 2.33. The number of imidazole rings is 1. The molecule has 2 atom stereocenters. The molecule has 178 valence electrons. The van der Waals surface area contributed by atoms with Crippen molar-refractivity contribution >= 4 is 34.6 Å². The fourth-order valence-corrected chi connectivity index (χ4v) is 4.55. The molecule has 0 aliphatic carbocycles. The van der Waals surface area contributed by atoms with Crippen LogP contribution in [0.15, 0.2) is 23.0 Å². The second kappa shape index (κ2) is 8.24. The number of carbonyl (C=O) groups is 3. The molecule has 2 unspecified atom stereocenters. The summed E-state index contributed by atoms with van der Waals surface area (Å²) < 4.78 is 8.50. The third-order valence-corrected chi connectivity index (χ3v) is 6.35. The number of aryl methyl sites for hydroxylation is 1. The molecule has 4 rings (SSSR count). The number of amides is 3. The summed E-state index contributed by atoms with van der Waals surface area (Å²) in [6.45, 7) is 6.97. The zero-order valence-electron chi connectivity index (χ0n) is 19.8. The highest BCUT2D eigenvalue weighted by Crippen LogP contribution is 2.29. The van der Waals surface area contributed by atoms with Crippen LogP contribution < -0.4 is 15.9 Å². The standard InChI is InChI=1S/C23H31N5O5/c1-23(2,3)33-22(32)25(4)15-10-11-27(13-15)14-6-7-16-18(12-14)26(5)21(31)28(16)17-8-9-19(29)24-20(17)30/h6-7,12,15,17H,8-11,13H2,1-5H3,(H,24,29,30). The summed E-state index contributed by atoms with van der Waals surface area (Å²) in [7, 11) is 3.44. The number of nitrogens with one attached hydrogen (secondary N) is 1. The lowest BCUT2D eigenvalue weighted by Crippen LogP contribution is -2.44. The van der Waals surface area contributed by atoms with Crippen LogP contribution in [0.1, 0.15) is 46.1 Å². The summed E-state index contributed by atoms with van der Waals surface area (Å²) in [5.74, 6) is -0.760. The molecule has 2 fully saturated rings. The zero-order chi connectivity index (χ0) is 24.1. The maximum atomic E-state index is 13.0. The number of hydrogen-bond acceptors (Lipinski definition) is 6. The van der Waals surface area contributed by atoms with E-state index in [2.05, 4.69) is 10.2 Å². The first-order valence-corrected chi connectivity index (χ1v) is 11.2. The number of imide groups is 1. The summed E-state index contributed by atoms with van der Waals surface area (Å²) in [6, 6.07) is 5.03. The Kier molecular flexibility index (Phi) is 5.71. The number of fused-ring (bicyclic) bond motifs is 1. The van der Waals surface area contributed by atoms with Crippen molar-refractivity contribution in [2.24, 2.45) is 7.05 Å². The SMILES string of the molecule is CN(C(=O)OC(C)(C)C)C1CCN(c2ccc3c(c2)n(C)c(=O)n3C2CCC(=O)NC2=O)C1. The van der Waals surface area contributed by atoms with Crippen molar-refractivity contribution in [1.29, 1.82) is 0 Å². The number of ether oxygens (including phenoxy) is 1. The average Bonchev–Trinajstić information content (AvgIpc) is 3.31. The second-order valence-corrected chi connectivity index (χ2v) is 9.83. The number of anilines is 1. The Bertz CT molecular complexity index is 1170. The van der Waals surface area contributed by atoms with Crippen LogP contribution in [-0.4, -0.2) is 63.7 Å². The van der Waals surface area contributed by atoms with E-state index < -0.39 is 17.6 Å². The van der Waals surface area contributed by atoms with Crippen LogP contribution >= 0.6 is 0 Å². The Balaban J connectivity index is 1.57. The van der Waals surface area contributed by atoms with Gasteiger partial charge in [0.2, 0.25) is 11.8 Å². The molecule has 2 aliphatic heterocycles. The number of hydrogen-bond donors (Lipinski definition) is 1. The van der Waals surface area contributed by atoms with Gasteiger partial charge in [-0.15, -0.1) is 0 Å². The van der Waals surface area contributed by atoms with E-state index >= 15 is 0 Å². The van der Waals surface area contributed by atoms with E-state index in [-0.39, 0.29) is 30.2 Å². The molecule has 0 radical (unpaired) electrons. The van der Waals surface area contributed by atoms with E-state index in [0.29, 0.717) is 24.0 Å². The van der Waals surface area contributed by atoms with E-state index in [1.165, 1.54) is 9.13 Å². The number of nitrogens with zero attached hydrogens (tertiary/aromatic N) is 4. The molecule has 1 N–H and O–H groups in total. The van der Waals surface area contributed by atoms with Crippen molar-refractivity contribution in [1.82, 2.24) is 19.4 Å². The van der Waals surface area contributed by atoms with Gasteiger partial charge in [0.25, 0.3) is 0 Å². The molecule has 2 aliphatic rings. The van der Waals surface area contributed by atoms with Gasteiger partial charge in [0, 0.05) is 39.3 Å². The van der Waals surface area contributed by atoms with Gasteiger partial charge >= 0.3 is 11.8 Å². The van der Waals surface area contributed by atoms with E-state index in [9.17, 15) is 19.2 Å². The lowest BCUT2D eigenvalue weighted by atomic mass is 10.1.